The molecular weight excluding hydrogens is 801 g/mol. The fourth-order valence-electron chi connectivity index (χ4n) is 6.22. The molecule has 4 heteroatoms. The molecule has 6 aromatic rings. The van der Waals surface area contributed by atoms with E-state index in [1.54, 1.807) is 6.92 Å². The number of unbranched alkanes of at least 4 members (excludes halogenated alkanes) is 6. The maximum Gasteiger partial charge on any atom is 0.129 e. The van der Waals surface area contributed by atoms with Crippen LogP contribution in [0.1, 0.15) is 103 Å². The van der Waals surface area contributed by atoms with Crippen LogP contribution in [-0.4, -0.2) is 15.8 Å². The Morgan fingerprint density at radius 2 is 0.902 bits per heavy atom. The van der Waals surface area contributed by atoms with Gasteiger partial charge in [-0.1, -0.05) is 156 Å². The molecule has 6 rings (SSSR count). The van der Waals surface area contributed by atoms with E-state index in [9.17, 15) is 4.79 Å². The first-order valence-corrected chi connectivity index (χ1v) is 18.9. The van der Waals surface area contributed by atoms with E-state index in [0.717, 1.165) is 24.2 Å². The van der Waals surface area contributed by atoms with Crippen LogP contribution in [0.5, 0.6) is 0 Å². The number of fused-ring (bicyclic) bond motifs is 2. The third-order valence-electron chi connectivity index (χ3n) is 9.04. The Balaban J connectivity index is 0.000000234. The molecule has 2 heterocycles. The van der Waals surface area contributed by atoms with Crippen molar-refractivity contribution in [3.05, 3.63) is 133 Å². The maximum atomic E-state index is 10.0. The monoisotopic (exact) mass is 857 g/mol. The van der Waals surface area contributed by atoms with E-state index in [1.165, 1.54) is 108 Å². The summed E-state index contributed by atoms with van der Waals surface area (Å²) in [4.78, 5) is 19.2. The minimum absolute atomic E-state index is 0. The smallest absolute Gasteiger partial charge is 0.129 e. The molecule has 0 spiro atoms. The van der Waals surface area contributed by atoms with E-state index in [2.05, 4.69) is 133 Å². The van der Waals surface area contributed by atoms with E-state index in [1.807, 2.05) is 19.3 Å². The number of pyridine rings is 2. The van der Waals surface area contributed by atoms with Gasteiger partial charge >= 0.3 is 0 Å². The van der Waals surface area contributed by atoms with Crippen LogP contribution >= 0.6 is 0 Å². The number of benzene rings is 4. The molecule has 0 bridgehead atoms. The summed E-state index contributed by atoms with van der Waals surface area (Å²) in [6.07, 6.45) is 18.4. The van der Waals surface area contributed by atoms with Gasteiger partial charge in [-0.15, -0.1) is 0 Å². The average molecular weight is 857 g/mol. The average Bonchev–Trinajstić information content (AvgIpc) is 3.16. The summed E-state index contributed by atoms with van der Waals surface area (Å²) in [5.41, 5.74) is 7.43. The van der Waals surface area contributed by atoms with Gasteiger partial charge in [-0.05, 0) is 73.1 Å². The molecule has 0 saturated heterocycles. The topological polar surface area (TPSA) is 42.9 Å². The molecule has 1 radical (unpaired) electrons. The first-order chi connectivity index (χ1) is 24.5. The summed E-state index contributed by atoms with van der Waals surface area (Å²) >= 11 is 0. The molecule has 0 N–H and O–H groups in total. The number of ketones is 1. The minimum atomic E-state index is 0. The zero-order valence-electron chi connectivity index (χ0n) is 31.2. The molecule has 0 aliphatic rings. The Hall–Kier alpha value is -3.98. The second-order valence-corrected chi connectivity index (χ2v) is 13.2. The maximum absolute atomic E-state index is 10.0. The largest absolute Gasteiger partial charge is 0.300 e. The predicted octanol–water partition coefficient (Wildman–Crippen LogP) is 13.4. The minimum Gasteiger partial charge on any atom is -0.300 e. The van der Waals surface area contributed by atoms with Crippen molar-refractivity contribution < 1.29 is 24.9 Å². The molecule has 269 valence electrons. The summed E-state index contributed by atoms with van der Waals surface area (Å²) in [5.74, 6) is 0.289. The quantitative estimate of drug-likeness (QED) is 0.103. The Kier molecular flexibility index (Phi) is 19.1. The second-order valence-electron chi connectivity index (χ2n) is 13.2. The van der Waals surface area contributed by atoms with Crippen LogP contribution < -0.4 is 0 Å². The van der Waals surface area contributed by atoms with Gasteiger partial charge in [0.1, 0.15) is 5.78 Å². The number of hydrogen-bond acceptors (Lipinski definition) is 3. The number of aryl methyl sites for hydroxylation is 2. The van der Waals surface area contributed by atoms with E-state index in [-0.39, 0.29) is 25.9 Å². The molecule has 4 aromatic carbocycles. The van der Waals surface area contributed by atoms with Crippen molar-refractivity contribution in [2.75, 3.05) is 0 Å². The van der Waals surface area contributed by atoms with Gasteiger partial charge < -0.3 is 4.79 Å². The molecule has 51 heavy (non-hydrogen) atoms. The van der Waals surface area contributed by atoms with Gasteiger partial charge in [0.2, 0.25) is 0 Å². The summed E-state index contributed by atoms with van der Waals surface area (Å²) in [6.45, 7) is 8.13. The normalized spacial score (nSPS) is 10.4. The van der Waals surface area contributed by atoms with Crippen molar-refractivity contribution in [1.82, 2.24) is 9.97 Å². The first-order valence-electron chi connectivity index (χ1n) is 18.9. The van der Waals surface area contributed by atoms with Crippen molar-refractivity contribution >= 4 is 27.3 Å². The van der Waals surface area contributed by atoms with E-state index in [4.69, 9.17) is 0 Å². The van der Waals surface area contributed by atoms with Crippen LogP contribution in [0.3, 0.4) is 0 Å². The fraction of sp³-hybridized carbons (Fsp3) is 0.340. The molecule has 0 aliphatic heterocycles. The van der Waals surface area contributed by atoms with Gasteiger partial charge in [-0.2, -0.15) is 0 Å². The van der Waals surface area contributed by atoms with Crippen molar-refractivity contribution in [1.29, 1.82) is 0 Å². The number of hydrogen-bond donors (Lipinski definition) is 0. The first kappa shape index (κ1) is 41.4. The van der Waals surface area contributed by atoms with Crippen LogP contribution in [0.4, 0.5) is 0 Å². The molecule has 0 unspecified atom stereocenters. The third kappa shape index (κ3) is 13.6. The van der Waals surface area contributed by atoms with Crippen molar-refractivity contribution in [3.8, 4) is 22.5 Å². The van der Waals surface area contributed by atoms with Gasteiger partial charge in [0, 0.05) is 60.8 Å². The van der Waals surface area contributed by atoms with Crippen LogP contribution in [0, 0.1) is 0 Å². The molecule has 0 aliphatic carbocycles. The second kappa shape index (κ2) is 23.5. The Bertz CT molecular complexity index is 1720. The molecule has 0 saturated carbocycles. The predicted molar refractivity (Wildman–Crippen MR) is 216 cm³/mol. The van der Waals surface area contributed by atoms with Crippen molar-refractivity contribution in [2.45, 2.75) is 105 Å². The summed E-state index contributed by atoms with van der Waals surface area (Å²) in [7, 11) is 0. The molecule has 2 aromatic heterocycles. The zero-order chi connectivity index (χ0) is 35.4. The molecule has 0 atom stereocenters. The van der Waals surface area contributed by atoms with Gasteiger partial charge in [0.05, 0.1) is 11.4 Å². The van der Waals surface area contributed by atoms with Gasteiger partial charge in [-0.3, -0.25) is 9.97 Å². The standard InChI is InChI=1S/2C21H23N.C5H10O.Ir/c2*1-2-3-4-5-8-17-11-13-19(14-12-17)21-20-10-7-6-9-18(20)15-16-22-21;1-3-4-5(2)6;/h2*6-7,9-16H,2-5,8H2,1H3;3-4H2,1-2H3;. The number of carbonyl (C=O) groups excluding carboxylic acids is 1. The number of Topliss-reactive ketones (excluding diaryl/α,β-unsaturated/α-hetero) is 1. The fourth-order valence-corrected chi connectivity index (χ4v) is 6.22. The summed E-state index contributed by atoms with van der Waals surface area (Å²) < 4.78 is 0. The van der Waals surface area contributed by atoms with Gasteiger partial charge in [-0.25, -0.2) is 0 Å². The van der Waals surface area contributed by atoms with E-state index >= 15 is 0 Å². The van der Waals surface area contributed by atoms with Gasteiger partial charge in [0.25, 0.3) is 0 Å². The van der Waals surface area contributed by atoms with Crippen LogP contribution in [0.25, 0.3) is 44.1 Å². The summed E-state index contributed by atoms with van der Waals surface area (Å²) in [6, 6.07) is 38.9. The molecular formula is C47H56IrN2O. The van der Waals surface area contributed by atoms with E-state index in [0.29, 0.717) is 0 Å². The zero-order valence-corrected chi connectivity index (χ0v) is 33.6. The Labute approximate surface area is 320 Å². The third-order valence-corrected chi connectivity index (χ3v) is 9.04. The SMILES string of the molecule is CCCC(C)=O.CCCCCCc1ccc(-c2nccc3ccccc23)cc1.CCCCCCc1ccc(-c2nccc3ccccc23)cc1.[Ir]. The number of rotatable bonds is 14. The van der Waals surface area contributed by atoms with Crippen LogP contribution in [0.15, 0.2) is 122 Å². The van der Waals surface area contributed by atoms with Crippen LogP contribution in [-0.2, 0) is 37.7 Å². The molecule has 0 fully saturated rings. The van der Waals surface area contributed by atoms with Crippen molar-refractivity contribution in [2.24, 2.45) is 0 Å². The summed E-state index contributed by atoms with van der Waals surface area (Å²) in [5, 5.41) is 4.94. The van der Waals surface area contributed by atoms with Crippen LogP contribution in [0.2, 0.25) is 0 Å². The Morgan fingerprint density at radius 1 is 0.490 bits per heavy atom. The molecule has 3 nitrogen and oxygen atoms in total. The number of aromatic nitrogens is 2. The number of carbonyl (C=O) groups is 1. The molecule has 0 amide bonds. The number of nitrogens with zero attached hydrogens (tertiary/aromatic N) is 2. The van der Waals surface area contributed by atoms with Gasteiger partial charge in [0.15, 0.2) is 0 Å². The van der Waals surface area contributed by atoms with E-state index < -0.39 is 0 Å². The Morgan fingerprint density at radius 3 is 1.25 bits per heavy atom. The van der Waals surface area contributed by atoms with Crippen molar-refractivity contribution in [3.63, 3.8) is 0 Å².